The molecule has 1 fully saturated rings. The van der Waals surface area contributed by atoms with E-state index in [1.54, 1.807) is 12.1 Å². The first kappa shape index (κ1) is 19.6. The summed E-state index contributed by atoms with van der Waals surface area (Å²) in [7, 11) is 0. The molecule has 0 unspecified atom stereocenters. The predicted molar refractivity (Wildman–Crippen MR) is 113 cm³/mol. The molecule has 3 heterocycles. The van der Waals surface area contributed by atoms with Gasteiger partial charge in [0.05, 0.1) is 17.9 Å². The van der Waals surface area contributed by atoms with Gasteiger partial charge in [0.1, 0.15) is 13.2 Å². The summed E-state index contributed by atoms with van der Waals surface area (Å²) in [5.41, 5.74) is 1.71. The van der Waals surface area contributed by atoms with Crippen molar-refractivity contribution >= 4 is 29.0 Å². The minimum absolute atomic E-state index is 0.0207. The SMILES string of the molecule is O=C1C(=O)N(CN2CCC(C(=O)Nc3ccccc3)CC2)c2cc3c(cc21)OCCO3. The normalized spacial score (nSPS) is 18.8. The van der Waals surface area contributed by atoms with Crippen LogP contribution in [0.5, 0.6) is 11.5 Å². The van der Waals surface area contributed by atoms with E-state index in [1.807, 2.05) is 30.3 Å². The maximum absolute atomic E-state index is 12.6. The molecule has 8 heteroatoms. The highest BCUT2D eigenvalue weighted by Gasteiger charge is 2.39. The molecule has 8 nitrogen and oxygen atoms in total. The molecule has 31 heavy (non-hydrogen) atoms. The van der Waals surface area contributed by atoms with Crippen LogP contribution in [-0.4, -0.2) is 55.5 Å². The number of hydrogen-bond acceptors (Lipinski definition) is 6. The van der Waals surface area contributed by atoms with Crippen molar-refractivity contribution in [1.82, 2.24) is 4.90 Å². The van der Waals surface area contributed by atoms with Crippen LogP contribution >= 0.6 is 0 Å². The van der Waals surface area contributed by atoms with E-state index in [1.165, 1.54) is 4.90 Å². The fraction of sp³-hybridized carbons (Fsp3) is 0.348. The standard InChI is InChI=1S/C23H23N3O5/c27-21-17-12-19-20(31-11-10-30-19)13-18(17)26(23(21)29)14-25-8-6-15(7-9-25)22(28)24-16-4-2-1-3-5-16/h1-5,12-13,15H,6-11,14H2,(H,24,28). The molecule has 0 spiro atoms. The van der Waals surface area contributed by atoms with Crippen LogP contribution in [-0.2, 0) is 9.59 Å². The van der Waals surface area contributed by atoms with Crippen molar-refractivity contribution in [2.24, 2.45) is 5.92 Å². The molecule has 0 aliphatic carbocycles. The van der Waals surface area contributed by atoms with Gasteiger partial charge in [-0.05, 0) is 31.0 Å². The molecule has 0 saturated carbocycles. The van der Waals surface area contributed by atoms with Crippen LogP contribution in [0, 0.1) is 5.92 Å². The quantitative estimate of drug-likeness (QED) is 0.763. The van der Waals surface area contributed by atoms with Gasteiger partial charge in [-0.2, -0.15) is 0 Å². The number of amides is 2. The lowest BCUT2D eigenvalue weighted by atomic mass is 9.96. The maximum atomic E-state index is 12.6. The molecule has 1 N–H and O–H groups in total. The molecule has 0 aromatic heterocycles. The molecule has 0 bridgehead atoms. The number of carbonyl (C=O) groups excluding carboxylic acids is 3. The number of nitrogens with one attached hydrogen (secondary N) is 1. The van der Waals surface area contributed by atoms with Gasteiger partial charge in [0.25, 0.3) is 5.78 Å². The monoisotopic (exact) mass is 421 g/mol. The van der Waals surface area contributed by atoms with E-state index in [-0.39, 0.29) is 11.8 Å². The zero-order valence-corrected chi connectivity index (χ0v) is 17.0. The number of rotatable bonds is 4. The number of nitrogens with zero attached hydrogens (tertiary/aromatic N) is 2. The Hall–Kier alpha value is -3.39. The van der Waals surface area contributed by atoms with Gasteiger partial charge in [0.15, 0.2) is 11.5 Å². The lowest BCUT2D eigenvalue weighted by Crippen LogP contribution is -2.45. The summed E-state index contributed by atoms with van der Waals surface area (Å²) in [6, 6.07) is 12.7. The van der Waals surface area contributed by atoms with Gasteiger partial charge in [-0.3, -0.25) is 24.2 Å². The van der Waals surface area contributed by atoms with Gasteiger partial charge in [-0.15, -0.1) is 0 Å². The lowest BCUT2D eigenvalue weighted by molar-refractivity contribution is -0.121. The van der Waals surface area contributed by atoms with Gasteiger partial charge < -0.3 is 14.8 Å². The second-order valence-electron chi connectivity index (χ2n) is 7.96. The average Bonchev–Trinajstić information content (AvgIpc) is 3.03. The summed E-state index contributed by atoms with van der Waals surface area (Å²) in [5, 5.41) is 2.96. The highest BCUT2D eigenvalue weighted by atomic mass is 16.6. The van der Waals surface area contributed by atoms with Crippen molar-refractivity contribution in [2.75, 3.05) is 43.2 Å². The van der Waals surface area contributed by atoms with E-state index in [4.69, 9.17) is 9.47 Å². The lowest BCUT2D eigenvalue weighted by Gasteiger charge is -2.34. The van der Waals surface area contributed by atoms with E-state index in [0.29, 0.717) is 68.6 Å². The van der Waals surface area contributed by atoms with Gasteiger partial charge in [-0.25, -0.2) is 0 Å². The number of carbonyl (C=O) groups is 3. The number of piperidine rings is 1. The van der Waals surface area contributed by atoms with E-state index in [0.717, 1.165) is 5.69 Å². The fourth-order valence-electron chi connectivity index (χ4n) is 4.27. The van der Waals surface area contributed by atoms with Crippen molar-refractivity contribution < 1.29 is 23.9 Å². The molecular weight excluding hydrogens is 398 g/mol. The number of Topliss-reactive ketones (excluding diaryl/α,β-unsaturated/α-hetero) is 1. The Labute approximate surface area is 179 Å². The smallest absolute Gasteiger partial charge is 0.300 e. The van der Waals surface area contributed by atoms with Crippen molar-refractivity contribution in [3.05, 3.63) is 48.0 Å². The predicted octanol–water partition coefficient (Wildman–Crippen LogP) is 2.30. The Morgan fingerprint density at radius 3 is 2.39 bits per heavy atom. The van der Waals surface area contributed by atoms with Crippen molar-refractivity contribution in [1.29, 1.82) is 0 Å². The topological polar surface area (TPSA) is 88.2 Å². The van der Waals surface area contributed by atoms with Crippen molar-refractivity contribution in [3.63, 3.8) is 0 Å². The molecule has 160 valence electrons. The van der Waals surface area contributed by atoms with E-state index >= 15 is 0 Å². The molecule has 5 rings (SSSR count). The van der Waals surface area contributed by atoms with E-state index in [9.17, 15) is 14.4 Å². The minimum atomic E-state index is -0.540. The van der Waals surface area contributed by atoms with Crippen LogP contribution < -0.4 is 19.7 Å². The number of anilines is 2. The summed E-state index contributed by atoms with van der Waals surface area (Å²) in [6.45, 7) is 2.51. The maximum Gasteiger partial charge on any atom is 0.300 e. The van der Waals surface area contributed by atoms with Crippen molar-refractivity contribution in [2.45, 2.75) is 12.8 Å². The minimum Gasteiger partial charge on any atom is -0.486 e. The Balaban J connectivity index is 1.23. The first-order valence-electron chi connectivity index (χ1n) is 10.5. The first-order chi connectivity index (χ1) is 15.1. The van der Waals surface area contributed by atoms with Crippen LogP contribution in [0.1, 0.15) is 23.2 Å². The molecule has 3 aliphatic rings. The van der Waals surface area contributed by atoms with Gasteiger partial charge in [0.2, 0.25) is 5.91 Å². The molecule has 3 aliphatic heterocycles. The zero-order valence-electron chi connectivity index (χ0n) is 17.0. The molecule has 2 amide bonds. The Kier molecular flexibility index (Phi) is 5.07. The fourth-order valence-corrected chi connectivity index (χ4v) is 4.27. The van der Waals surface area contributed by atoms with Gasteiger partial charge in [0, 0.05) is 30.8 Å². The Morgan fingerprint density at radius 1 is 1.00 bits per heavy atom. The molecule has 2 aromatic rings. The third-order valence-electron chi connectivity index (χ3n) is 5.98. The summed E-state index contributed by atoms with van der Waals surface area (Å²) in [6.07, 6.45) is 1.39. The largest absolute Gasteiger partial charge is 0.486 e. The number of ketones is 1. The second kappa shape index (κ2) is 8.03. The second-order valence-corrected chi connectivity index (χ2v) is 7.96. The van der Waals surface area contributed by atoms with Crippen LogP contribution in [0.3, 0.4) is 0 Å². The van der Waals surface area contributed by atoms with Gasteiger partial charge in [-0.1, -0.05) is 18.2 Å². The molecule has 0 atom stereocenters. The molecule has 2 aromatic carbocycles. The number of fused-ring (bicyclic) bond motifs is 2. The van der Waals surface area contributed by atoms with Crippen LogP contribution in [0.15, 0.2) is 42.5 Å². The number of para-hydroxylation sites is 1. The Bertz CT molecular complexity index is 1030. The van der Waals surface area contributed by atoms with Crippen LogP contribution in [0.25, 0.3) is 0 Å². The van der Waals surface area contributed by atoms with E-state index < -0.39 is 11.7 Å². The van der Waals surface area contributed by atoms with Gasteiger partial charge >= 0.3 is 5.91 Å². The highest BCUT2D eigenvalue weighted by Crippen LogP contribution is 2.40. The number of likely N-dealkylation sites (tertiary alicyclic amines) is 1. The average molecular weight is 421 g/mol. The van der Waals surface area contributed by atoms with E-state index in [2.05, 4.69) is 10.2 Å². The summed E-state index contributed by atoms with van der Waals surface area (Å²) in [5.74, 6) is -0.0676. The first-order valence-corrected chi connectivity index (χ1v) is 10.5. The summed E-state index contributed by atoms with van der Waals surface area (Å²) >= 11 is 0. The molecule has 0 radical (unpaired) electrons. The van der Waals surface area contributed by atoms with Crippen molar-refractivity contribution in [3.8, 4) is 11.5 Å². The highest BCUT2D eigenvalue weighted by molar-refractivity contribution is 6.52. The molecule has 1 saturated heterocycles. The third kappa shape index (κ3) is 3.74. The molecular formula is C23H23N3O5. The Morgan fingerprint density at radius 2 is 1.68 bits per heavy atom. The number of ether oxygens (including phenoxy) is 2. The zero-order chi connectivity index (χ0) is 21.4. The third-order valence-corrected chi connectivity index (χ3v) is 5.98. The number of benzene rings is 2. The van der Waals surface area contributed by atoms with Crippen LogP contribution in [0.2, 0.25) is 0 Å². The summed E-state index contributed by atoms with van der Waals surface area (Å²) < 4.78 is 11.2. The summed E-state index contributed by atoms with van der Waals surface area (Å²) in [4.78, 5) is 41.3. The number of hydrogen-bond donors (Lipinski definition) is 1. The van der Waals surface area contributed by atoms with Crippen LogP contribution in [0.4, 0.5) is 11.4 Å².